The van der Waals surface area contributed by atoms with Crippen molar-refractivity contribution in [2.45, 2.75) is 18.1 Å². The van der Waals surface area contributed by atoms with Gasteiger partial charge >= 0.3 is 12.1 Å². The molecule has 0 radical (unpaired) electrons. The van der Waals surface area contributed by atoms with Crippen LogP contribution in [0.15, 0.2) is 35.4 Å². The molecule has 0 aliphatic heterocycles. The van der Waals surface area contributed by atoms with Crippen molar-refractivity contribution in [2.75, 3.05) is 5.75 Å². The fourth-order valence-corrected chi connectivity index (χ4v) is 2.35. The number of nitrogens with zero attached hydrogens (tertiary/aromatic N) is 2. The van der Waals surface area contributed by atoms with E-state index >= 15 is 0 Å². The molecule has 0 spiro atoms. The molecule has 0 aliphatic carbocycles. The number of carboxylic acids is 1. The summed E-state index contributed by atoms with van der Waals surface area (Å²) in [5.74, 6) is -1.44. The van der Waals surface area contributed by atoms with Crippen molar-refractivity contribution in [3.63, 3.8) is 0 Å². The first-order valence-corrected chi connectivity index (χ1v) is 6.85. The molecule has 0 atom stereocenters. The fraction of sp³-hybridized carbons (Fsp3) is 0.231. The first kappa shape index (κ1) is 15.4. The molecule has 1 heterocycles. The third kappa shape index (κ3) is 3.78. The van der Waals surface area contributed by atoms with E-state index in [9.17, 15) is 18.0 Å². The molecule has 0 fully saturated rings. The van der Waals surface area contributed by atoms with Gasteiger partial charge in [0.05, 0.1) is 11.4 Å². The van der Waals surface area contributed by atoms with Crippen LogP contribution in [0.25, 0.3) is 5.69 Å². The van der Waals surface area contributed by atoms with Crippen LogP contribution in [0, 0.1) is 6.92 Å². The van der Waals surface area contributed by atoms with Crippen LogP contribution in [0.5, 0.6) is 0 Å². The number of hydrogen-bond acceptors (Lipinski definition) is 3. The highest BCUT2D eigenvalue weighted by Crippen LogP contribution is 2.32. The summed E-state index contributed by atoms with van der Waals surface area (Å²) < 4.78 is 39.4. The van der Waals surface area contributed by atoms with Gasteiger partial charge in [0.25, 0.3) is 0 Å². The molecule has 0 aliphatic rings. The van der Waals surface area contributed by atoms with Crippen molar-refractivity contribution in [1.29, 1.82) is 0 Å². The molecule has 0 unspecified atom stereocenters. The number of aliphatic carboxylic acids is 1. The van der Waals surface area contributed by atoms with E-state index in [0.717, 1.165) is 28.1 Å². The number of aromatic nitrogens is 2. The van der Waals surface area contributed by atoms with E-state index in [2.05, 4.69) is 5.10 Å². The maximum Gasteiger partial charge on any atom is 0.435 e. The predicted molar refractivity (Wildman–Crippen MR) is 71.7 cm³/mol. The summed E-state index contributed by atoms with van der Waals surface area (Å²) in [5, 5.41) is 12.3. The summed E-state index contributed by atoms with van der Waals surface area (Å²) in [5.41, 5.74) is 0.363. The highest BCUT2D eigenvalue weighted by Gasteiger charge is 2.35. The lowest BCUT2D eigenvalue weighted by atomic mass is 10.2. The number of aryl methyl sites for hydroxylation is 1. The van der Waals surface area contributed by atoms with Crippen LogP contribution in [0.1, 0.15) is 11.3 Å². The maximum absolute atomic E-state index is 12.8. The van der Waals surface area contributed by atoms with Gasteiger partial charge < -0.3 is 5.11 Å². The van der Waals surface area contributed by atoms with Crippen LogP contribution < -0.4 is 0 Å². The summed E-state index contributed by atoms with van der Waals surface area (Å²) in [6.45, 7) is 1.86. The van der Waals surface area contributed by atoms with Crippen molar-refractivity contribution in [3.8, 4) is 5.69 Å². The average Bonchev–Trinajstić information content (AvgIpc) is 2.81. The third-order valence-corrected chi connectivity index (χ3v) is 3.57. The molecule has 2 aromatic rings. The van der Waals surface area contributed by atoms with Gasteiger partial charge in [0.2, 0.25) is 0 Å². The topological polar surface area (TPSA) is 55.1 Å². The van der Waals surface area contributed by atoms with Gasteiger partial charge in [-0.15, -0.1) is 0 Å². The molecular formula is C13H11F3N2O2S. The second kappa shape index (κ2) is 5.80. The molecule has 21 heavy (non-hydrogen) atoms. The Hall–Kier alpha value is -1.96. The van der Waals surface area contributed by atoms with Crippen LogP contribution in [0.3, 0.4) is 0 Å². The van der Waals surface area contributed by atoms with Crippen LogP contribution in [0.2, 0.25) is 0 Å². The van der Waals surface area contributed by atoms with E-state index in [1.807, 2.05) is 6.92 Å². The van der Waals surface area contributed by atoms with E-state index in [0.29, 0.717) is 5.69 Å². The van der Waals surface area contributed by atoms with Crippen molar-refractivity contribution in [2.24, 2.45) is 0 Å². The minimum Gasteiger partial charge on any atom is -0.481 e. The van der Waals surface area contributed by atoms with Crippen molar-refractivity contribution < 1.29 is 23.1 Å². The Kier molecular flexibility index (Phi) is 4.26. The molecule has 2 rings (SSSR count). The molecule has 1 N–H and O–H groups in total. The smallest absolute Gasteiger partial charge is 0.435 e. The van der Waals surface area contributed by atoms with Gasteiger partial charge in [0.15, 0.2) is 5.69 Å². The van der Waals surface area contributed by atoms with E-state index in [1.54, 1.807) is 24.3 Å². The van der Waals surface area contributed by atoms with Crippen molar-refractivity contribution in [1.82, 2.24) is 9.78 Å². The fourth-order valence-electron chi connectivity index (χ4n) is 1.61. The number of carbonyl (C=O) groups is 1. The molecular weight excluding hydrogens is 305 g/mol. The Morgan fingerprint density at radius 1 is 1.33 bits per heavy atom. The van der Waals surface area contributed by atoms with Crippen molar-refractivity contribution >= 4 is 17.7 Å². The Morgan fingerprint density at radius 3 is 2.48 bits per heavy atom. The Morgan fingerprint density at radius 2 is 1.95 bits per heavy atom. The monoisotopic (exact) mass is 316 g/mol. The minimum atomic E-state index is -4.57. The summed E-state index contributed by atoms with van der Waals surface area (Å²) in [6.07, 6.45) is -4.57. The Balaban J connectivity index is 2.43. The largest absolute Gasteiger partial charge is 0.481 e. The standard InChI is InChI=1S/C13H11F3N2O2S/c1-8-2-4-9(5-3-8)18-11(21-7-12(19)20)6-10(17-18)13(14,15)16/h2-6H,7H2,1H3,(H,19,20). The highest BCUT2D eigenvalue weighted by atomic mass is 32.2. The zero-order valence-electron chi connectivity index (χ0n) is 10.9. The van der Waals surface area contributed by atoms with E-state index in [-0.39, 0.29) is 10.8 Å². The lowest BCUT2D eigenvalue weighted by Gasteiger charge is -2.06. The molecule has 112 valence electrons. The summed E-state index contributed by atoms with van der Waals surface area (Å²) in [4.78, 5) is 10.6. The molecule has 0 saturated heterocycles. The van der Waals surface area contributed by atoms with Crippen LogP contribution >= 0.6 is 11.8 Å². The first-order chi connectivity index (χ1) is 9.77. The van der Waals surface area contributed by atoms with Crippen LogP contribution in [-0.2, 0) is 11.0 Å². The Labute approximate surface area is 122 Å². The molecule has 8 heteroatoms. The number of alkyl halides is 3. The summed E-state index contributed by atoms with van der Waals surface area (Å²) in [6, 6.07) is 7.61. The maximum atomic E-state index is 12.8. The second-order valence-corrected chi connectivity index (χ2v) is 5.29. The van der Waals surface area contributed by atoms with E-state index in [4.69, 9.17) is 5.11 Å². The Bertz CT molecular complexity index is 650. The first-order valence-electron chi connectivity index (χ1n) is 5.86. The van der Waals surface area contributed by atoms with Gasteiger partial charge in [-0.3, -0.25) is 4.79 Å². The second-order valence-electron chi connectivity index (χ2n) is 4.30. The number of halogens is 3. The normalized spacial score (nSPS) is 11.6. The third-order valence-electron chi connectivity index (χ3n) is 2.59. The molecule has 1 aromatic carbocycles. The molecule has 1 aromatic heterocycles. The molecule has 4 nitrogen and oxygen atoms in total. The van der Waals surface area contributed by atoms with Crippen LogP contribution in [-0.4, -0.2) is 26.6 Å². The zero-order chi connectivity index (χ0) is 15.6. The number of hydrogen-bond donors (Lipinski definition) is 1. The number of thioether (sulfide) groups is 1. The highest BCUT2D eigenvalue weighted by molar-refractivity contribution is 7.99. The van der Waals surface area contributed by atoms with Gasteiger partial charge in [-0.05, 0) is 19.1 Å². The zero-order valence-corrected chi connectivity index (χ0v) is 11.7. The van der Waals surface area contributed by atoms with E-state index in [1.165, 1.54) is 0 Å². The minimum absolute atomic E-state index is 0.133. The number of rotatable bonds is 4. The van der Waals surface area contributed by atoms with Crippen molar-refractivity contribution in [3.05, 3.63) is 41.6 Å². The summed E-state index contributed by atoms with van der Waals surface area (Å²) >= 11 is 0.792. The average molecular weight is 316 g/mol. The number of carboxylic acid groups (broad SMARTS) is 1. The number of benzene rings is 1. The SMILES string of the molecule is Cc1ccc(-n2nc(C(F)(F)F)cc2SCC(=O)O)cc1. The van der Waals surface area contributed by atoms with Gasteiger partial charge in [-0.2, -0.15) is 18.3 Å². The van der Waals surface area contributed by atoms with Crippen LogP contribution in [0.4, 0.5) is 13.2 Å². The quantitative estimate of drug-likeness (QED) is 0.879. The predicted octanol–water partition coefficient (Wildman–Crippen LogP) is 3.38. The molecule has 0 amide bonds. The molecule has 0 saturated carbocycles. The van der Waals surface area contributed by atoms with E-state index < -0.39 is 17.8 Å². The summed E-state index contributed by atoms with van der Waals surface area (Å²) in [7, 11) is 0. The lowest BCUT2D eigenvalue weighted by molar-refractivity contribution is -0.141. The van der Waals surface area contributed by atoms with Gasteiger partial charge in [-0.1, -0.05) is 29.5 Å². The van der Waals surface area contributed by atoms with Gasteiger partial charge in [0.1, 0.15) is 5.03 Å². The lowest BCUT2D eigenvalue weighted by Crippen LogP contribution is -2.07. The van der Waals surface area contributed by atoms with Gasteiger partial charge in [-0.25, -0.2) is 4.68 Å². The van der Waals surface area contributed by atoms with Gasteiger partial charge in [0, 0.05) is 6.07 Å². The molecule has 0 bridgehead atoms.